The molecule has 14 heteroatoms. The van der Waals surface area contributed by atoms with E-state index in [0.29, 0.717) is 25.0 Å². The topological polar surface area (TPSA) is 183 Å². The van der Waals surface area contributed by atoms with Crippen LogP contribution in [-0.2, 0) is 42.7 Å². The average Bonchev–Trinajstić information content (AvgIpc) is 3.40. The molecule has 294 valence electrons. The van der Waals surface area contributed by atoms with Gasteiger partial charge >= 0.3 is 5.97 Å². The number of aliphatic hydroxyl groups is 4. The molecule has 4 aliphatic rings. The number of aliphatic hydroxyl groups excluding tert-OH is 3. The Morgan fingerprint density at radius 1 is 1.00 bits per heavy atom. The summed E-state index contributed by atoms with van der Waals surface area (Å²) in [6.45, 7) is 17.6. The maximum Gasteiger partial charge on any atom is 0.311 e. The Bertz CT molecular complexity index is 1260. The van der Waals surface area contributed by atoms with Crippen LogP contribution in [0.4, 0.5) is 0 Å². The maximum atomic E-state index is 14.1. The van der Waals surface area contributed by atoms with Gasteiger partial charge in [-0.05, 0) is 66.9 Å². The second-order valence-electron chi connectivity index (χ2n) is 16.2. The molecule has 0 unspecified atom stereocenters. The quantitative estimate of drug-likeness (QED) is 0.211. The van der Waals surface area contributed by atoms with Gasteiger partial charge in [-0.25, -0.2) is 0 Å². The number of rotatable bonds is 8. The number of carbonyl (C=O) groups excluding carboxylic acids is 2. The molecule has 4 aliphatic heterocycles. The van der Waals surface area contributed by atoms with E-state index in [9.17, 15) is 30.0 Å². The standard InChI is InChI=1S/C37H63NO13/c1-13-25-37(10,44)30(41)20(4)28-18(2)15-36(9,51-28)32(50-34-27(40)24(38(11)17-39)14-19(3)46-34)21(5)29(22(6)33(43)48-25)49-26-16-35(8,45-12)31(42)23(7)47-26/h17,19-27,29-32,34,40-42,44H,13-16H2,1-12H3/t19-,20+,21+,22-,23+,24+,25-,26+,27-,29+,30-,31+,32-,34+,35-,36-,37-/m1/s1. The Balaban J connectivity index is 1.84. The van der Waals surface area contributed by atoms with Crippen molar-refractivity contribution in [2.24, 2.45) is 17.8 Å². The Morgan fingerprint density at radius 2 is 1.65 bits per heavy atom. The molecule has 3 fully saturated rings. The van der Waals surface area contributed by atoms with E-state index in [1.54, 1.807) is 41.7 Å². The number of carbonyl (C=O) groups is 2. The van der Waals surface area contributed by atoms with Crippen molar-refractivity contribution in [3.05, 3.63) is 11.3 Å². The summed E-state index contributed by atoms with van der Waals surface area (Å²) in [6.07, 6.45) is -7.91. The van der Waals surface area contributed by atoms with Gasteiger partial charge in [-0.2, -0.15) is 0 Å². The summed E-state index contributed by atoms with van der Waals surface area (Å²) in [5.41, 5.74) is -3.17. The highest BCUT2D eigenvalue weighted by Gasteiger charge is 2.56. The molecule has 3 saturated heterocycles. The molecule has 4 rings (SSSR count). The molecule has 0 radical (unpaired) electrons. The van der Waals surface area contributed by atoms with E-state index in [4.69, 9.17) is 33.2 Å². The van der Waals surface area contributed by atoms with E-state index < -0.39 is 102 Å². The van der Waals surface area contributed by atoms with Gasteiger partial charge < -0.3 is 58.5 Å². The molecular weight excluding hydrogens is 666 g/mol. The van der Waals surface area contributed by atoms with Crippen molar-refractivity contribution in [2.75, 3.05) is 14.2 Å². The van der Waals surface area contributed by atoms with Crippen molar-refractivity contribution in [3.63, 3.8) is 0 Å². The van der Waals surface area contributed by atoms with E-state index in [2.05, 4.69) is 0 Å². The van der Waals surface area contributed by atoms with Crippen molar-refractivity contribution in [2.45, 2.75) is 179 Å². The van der Waals surface area contributed by atoms with Gasteiger partial charge in [0, 0.05) is 38.8 Å². The Kier molecular flexibility index (Phi) is 13.0. The van der Waals surface area contributed by atoms with Crippen molar-refractivity contribution in [3.8, 4) is 0 Å². The van der Waals surface area contributed by atoms with Crippen molar-refractivity contribution in [1.82, 2.24) is 4.90 Å². The first-order chi connectivity index (χ1) is 23.6. The third kappa shape index (κ3) is 8.14. The number of methoxy groups -OCH3 is 1. The summed E-state index contributed by atoms with van der Waals surface area (Å²) >= 11 is 0. The fourth-order valence-electron chi connectivity index (χ4n) is 8.70. The number of nitrogens with zero attached hydrogens (tertiary/aromatic N) is 1. The summed E-state index contributed by atoms with van der Waals surface area (Å²) in [4.78, 5) is 27.3. The van der Waals surface area contributed by atoms with E-state index in [1.165, 1.54) is 18.9 Å². The van der Waals surface area contributed by atoms with Gasteiger partial charge in [-0.1, -0.05) is 20.8 Å². The van der Waals surface area contributed by atoms with Gasteiger partial charge in [-0.3, -0.25) is 9.59 Å². The minimum absolute atomic E-state index is 0.141. The lowest BCUT2D eigenvalue weighted by atomic mass is 9.78. The number of esters is 1. The maximum absolute atomic E-state index is 14.1. The van der Waals surface area contributed by atoms with Crippen LogP contribution in [-0.4, -0.2) is 136 Å². The fourth-order valence-corrected chi connectivity index (χ4v) is 8.70. The number of amides is 1. The Morgan fingerprint density at radius 3 is 2.24 bits per heavy atom. The van der Waals surface area contributed by atoms with Gasteiger partial charge in [0.05, 0.1) is 42.0 Å². The summed E-state index contributed by atoms with van der Waals surface area (Å²) in [7, 11) is 3.10. The minimum Gasteiger partial charge on any atom is -0.489 e. The molecule has 51 heavy (non-hydrogen) atoms. The van der Waals surface area contributed by atoms with Crippen molar-refractivity contribution >= 4 is 12.4 Å². The monoisotopic (exact) mass is 729 g/mol. The van der Waals surface area contributed by atoms with E-state index >= 15 is 0 Å². The minimum atomic E-state index is -1.85. The van der Waals surface area contributed by atoms with E-state index in [-0.39, 0.29) is 18.9 Å². The second-order valence-corrected chi connectivity index (χ2v) is 16.2. The molecule has 4 heterocycles. The smallest absolute Gasteiger partial charge is 0.311 e. The highest BCUT2D eigenvalue weighted by Crippen LogP contribution is 2.47. The van der Waals surface area contributed by atoms with Crippen LogP contribution in [0.5, 0.6) is 0 Å². The van der Waals surface area contributed by atoms with Crippen LogP contribution in [0, 0.1) is 17.8 Å². The Labute approximate surface area is 302 Å². The first-order valence-electron chi connectivity index (χ1n) is 18.4. The first-order valence-corrected chi connectivity index (χ1v) is 18.4. The van der Waals surface area contributed by atoms with Crippen LogP contribution in [0.3, 0.4) is 0 Å². The van der Waals surface area contributed by atoms with E-state index in [1.807, 2.05) is 27.7 Å². The average molecular weight is 730 g/mol. The highest BCUT2D eigenvalue weighted by molar-refractivity contribution is 5.73. The van der Waals surface area contributed by atoms with Gasteiger partial charge in [-0.15, -0.1) is 0 Å². The van der Waals surface area contributed by atoms with Gasteiger partial charge in [0.1, 0.15) is 41.4 Å². The lowest BCUT2D eigenvalue weighted by Crippen LogP contribution is -2.60. The predicted molar refractivity (Wildman–Crippen MR) is 184 cm³/mol. The van der Waals surface area contributed by atoms with Crippen LogP contribution in [0.1, 0.15) is 94.9 Å². The molecule has 17 atom stereocenters. The number of likely N-dealkylation sites (N-methyl/N-ethyl adjacent to an activating group) is 1. The summed E-state index contributed by atoms with van der Waals surface area (Å²) in [5, 5.41) is 45.8. The van der Waals surface area contributed by atoms with Gasteiger partial charge in [0.25, 0.3) is 0 Å². The largest absolute Gasteiger partial charge is 0.489 e. The lowest BCUT2D eigenvalue weighted by Gasteiger charge is -2.48. The molecule has 0 aromatic rings. The summed E-state index contributed by atoms with van der Waals surface area (Å²) in [5.74, 6) is -2.55. The van der Waals surface area contributed by atoms with Gasteiger partial charge in [0.15, 0.2) is 12.6 Å². The number of hydrogen-bond acceptors (Lipinski definition) is 13. The number of hydrogen-bond donors (Lipinski definition) is 4. The zero-order valence-corrected chi connectivity index (χ0v) is 32.4. The van der Waals surface area contributed by atoms with Crippen LogP contribution < -0.4 is 0 Å². The zero-order chi connectivity index (χ0) is 38.4. The van der Waals surface area contributed by atoms with Crippen LogP contribution in [0.2, 0.25) is 0 Å². The third-order valence-corrected chi connectivity index (χ3v) is 12.0. The fraction of sp³-hybridized carbons (Fsp3) is 0.892. The molecule has 0 aromatic carbocycles. The predicted octanol–water partition coefficient (Wildman–Crippen LogP) is 2.42. The highest BCUT2D eigenvalue weighted by atomic mass is 16.7. The molecule has 1 amide bonds. The molecule has 0 spiro atoms. The second kappa shape index (κ2) is 15.8. The normalized spacial score (nSPS) is 48.5. The van der Waals surface area contributed by atoms with Crippen molar-refractivity contribution in [1.29, 1.82) is 0 Å². The zero-order valence-electron chi connectivity index (χ0n) is 32.4. The Hall–Kier alpha value is -1.88. The molecular formula is C37H63NO13. The first kappa shape index (κ1) is 41.9. The molecule has 14 nitrogen and oxygen atoms in total. The molecule has 2 bridgehead atoms. The number of fused-ring (bicyclic) bond motifs is 2. The number of cyclic esters (lactones) is 1. The summed E-state index contributed by atoms with van der Waals surface area (Å²) in [6, 6.07) is -0.589. The van der Waals surface area contributed by atoms with E-state index in [0.717, 1.165) is 5.57 Å². The van der Waals surface area contributed by atoms with Crippen LogP contribution >= 0.6 is 0 Å². The molecule has 0 saturated carbocycles. The number of ether oxygens (including phenoxy) is 7. The summed E-state index contributed by atoms with van der Waals surface area (Å²) < 4.78 is 44.4. The molecule has 0 aliphatic carbocycles. The van der Waals surface area contributed by atoms with Gasteiger partial charge in [0.2, 0.25) is 6.41 Å². The molecule has 4 N–H and O–H groups in total. The van der Waals surface area contributed by atoms with Crippen molar-refractivity contribution < 1.29 is 63.2 Å². The molecule has 0 aromatic heterocycles. The SMILES string of the molecule is CC[C@H]1OC(=O)[C@H](C)[C@@H](O[C@H]2C[C@@](C)(OC)[C@@H](O)[C@H](C)O2)[C@H](C)[C@@H](O[C@@H]2O[C@H](C)C[C@H](N(C)C=O)[C@H]2O)[C@@]2(C)CC(C)=C(O2)[C@H](C)[C@@H](O)[C@]1(C)O. The van der Waals surface area contributed by atoms with Crippen LogP contribution in [0.25, 0.3) is 0 Å². The lowest BCUT2D eigenvalue weighted by molar-refractivity contribution is -0.316. The van der Waals surface area contributed by atoms with Crippen LogP contribution in [0.15, 0.2) is 11.3 Å². The third-order valence-electron chi connectivity index (χ3n) is 12.0.